The van der Waals surface area contributed by atoms with Gasteiger partial charge in [0.15, 0.2) is 0 Å². The number of nitrogens with one attached hydrogen (secondary N) is 1. The standard InChI is InChI=1S/C17H22FN3O2/c1-20-15-12-14(18)4-3-13(15)11-16(20)17(22)19-5-2-6-21-7-9-23-10-8-21/h3-4,11-12H,2,5-10H2,1H3,(H,19,22). The second-order valence-corrected chi connectivity index (χ2v) is 5.86. The molecule has 124 valence electrons. The lowest BCUT2D eigenvalue weighted by atomic mass is 10.2. The van der Waals surface area contributed by atoms with Crippen LogP contribution in [-0.2, 0) is 11.8 Å². The summed E-state index contributed by atoms with van der Waals surface area (Å²) < 4.78 is 20.4. The first-order valence-corrected chi connectivity index (χ1v) is 7.98. The molecule has 0 aliphatic carbocycles. The molecule has 1 aliphatic heterocycles. The van der Waals surface area contributed by atoms with Crippen LogP contribution in [0.15, 0.2) is 24.3 Å². The molecule has 1 saturated heterocycles. The Bertz CT molecular complexity index is 692. The SMILES string of the molecule is Cn1c(C(=O)NCCCN2CCOCC2)cc2ccc(F)cc21. The number of amides is 1. The summed E-state index contributed by atoms with van der Waals surface area (Å²) in [5.74, 6) is -0.415. The number of benzene rings is 1. The molecular weight excluding hydrogens is 297 g/mol. The fourth-order valence-electron chi connectivity index (χ4n) is 2.94. The Morgan fingerprint density at radius 2 is 2.09 bits per heavy atom. The highest BCUT2D eigenvalue weighted by atomic mass is 19.1. The molecule has 0 saturated carbocycles. The van der Waals surface area contributed by atoms with Crippen LogP contribution in [0.25, 0.3) is 10.9 Å². The Balaban J connectivity index is 1.55. The minimum atomic E-state index is -0.295. The molecule has 1 aliphatic rings. The van der Waals surface area contributed by atoms with Crippen molar-refractivity contribution in [3.8, 4) is 0 Å². The van der Waals surface area contributed by atoms with Gasteiger partial charge in [-0.3, -0.25) is 9.69 Å². The van der Waals surface area contributed by atoms with Gasteiger partial charge in [0.25, 0.3) is 5.91 Å². The third-order valence-corrected chi connectivity index (χ3v) is 4.28. The lowest BCUT2D eigenvalue weighted by molar-refractivity contribution is 0.0374. The molecule has 2 aromatic rings. The van der Waals surface area contributed by atoms with E-state index in [1.807, 2.05) is 0 Å². The predicted molar refractivity (Wildman–Crippen MR) is 87.1 cm³/mol. The van der Waals surface area contributed by atoms with Gasteiger partial charge in [0.1, 0.15) is 11.5 Å². The van der Waals surface area contributed by atoms with E-state index in [1.165, 1.54) is 12.1 Å². The molecule has 1 aromatic carbocycles. The van der Waals surface area contributed by atoms with Crippen molar-refractivity contribution in [3.63, 3.8) is 0 Å². The number of carbonyl (C=O) groups is 1. The van der Waals surface area contributed by atoms with Crippen molar-refractivity contribution in [3.05, 3.63) is 35.8 Å². The summed E-state index contributed by atoms with van der Waals surface area (Å²) in [6, 6.07) is 6.35. The number of hydrogen-bond donors (Lipinski definition) is 1. The van der Waals surface area contributed by atoms with Crippen molar-refractivity contribution in [2.24, 2.45) is 7.05 Å². The summed E-state index contributed by atoms with van der Waals surface area (Å²) in [6.45, 7) is 5.10. The summed E-state index contributed by atoms with van der Waals surface area (Å²) >= 11 is 0. The van der Waals surface area contributed by atoms with Crippen molar-refractivity contribution in [2.75, 3.05) is 39.4 Å². The molecule has 5 nitrogen and oxygen atoms in total. The summed E-state index contributed by atoms with van der Waals surface area (Å²) in [5, 5.41) is 3.81. The fraction of sp³-hybridized carbons (Fsp3) is 0.471. The number of hydrogen-bond acceptors (Lipinski definition) is 3. The smallest absolute Gasteiger partial charge is 0.267 e. The largest absolute Gasteiger partial charge is 0.379 e. The third kappa shape index (κ3) is 3.71. The zero-order chi connectivity index (χ0) is 16.2. The predicted octanol–water partition coefficient (Wildman–Crippen LogP) is 1.77. The molecule has 6 heteroatoms. The third-order valence-electron chi connectivity index (χ3n) is 4.28. The molecular formula is C17H22FN3O2. The Morgan fingerprint density at radius 3 is 2.87 bits per heavy atom. The highest BCUT2D eigenvalue weighted by Crippen LogP contribution is 2.19. The van der Waals surface area contributed by atoms with Gasteiger partial charge in [-0.1, -0.05) is 0 Å². The normalized spacial score (nSPS) is 15.9. The molecule has 1 N–H and O–H groups in total. The summed E-state index contributed by atoms with van der Waals surface area (Å²) in [6.07, 6.45) is 0.907. The highest BCUT2D eigenvalue weighted by molar-refractivity contribution is 5.98. The number of fused-ring (bicyclic) bond motifs is 1. The number of aryl methyl sites for hydroxylation is 1. The number of aromatic nitrogens is 1. The molecule has 1 amide bonds. The minimum Gasteiger partial charge on any atom is -0.379 e. The van der Waals surface area contributed by atoms with Crippen LogP contribution in [0.5, 0.6) is 0 Å². The molecule has 0 spiro atoms. The van der Waals surface area contributed by atoms with Crippen molar-refractivity contribution in [1.82, 2.24) is 14.8 Å². The lowest BCUT2D eigenvalue weighted by Gasteiger charge is -2.26. The van der Waals surface area contributed by atoms with Gasteiger partial charge in [0.2, 0.25) is 0 Å². The van der Waals surface area contributed by atoms with Crippen LogP contribution >= 0.6 is 0 Å². The van der Waals surface area contributed by atoms with E-state index >= 15 is 0 Å². The number of ether oxygens (including phenoxy) is 1. The van der Waals surface area contributed by atoms with E-state index in [2.05, 4.69) is 10.2 Å². The van der Waals surface area contributed by atoms with Crippen molar-refractivity contribution in [2.45, 2.75) is 6.42 Å². The zero-order valence-corrected chi connectivity index (χ0v) is 13.3. The van der Waals surface area contributed by atoms with E-state index in [-0.39, 0.29) is 11.7 Å². The molecule has 3 rings (SSSR count). The van der Waals surface area contributed by atoms with Crippen LogP contribution < -0.4 is 5.32 Å². The van der Waals surface area contributed by atoms with E-state index in [0.717, 1.165) is 50.2 Å². The lowest BCUT2D eigenvalue weighted by Crippen LogP contribution is -2.38. The van der Waals surface area contributed by atoms with Gasteiger partial charge in [-0.2, -0.15) is 0 Å². The van der Waals surface area contributed by atoms with Crippen LogP contribution in [0.4, 0.5) is 4.39 Å². The molecule has 0 unspecified atom stereocenters. The molecule has 0 atom stereocenters. The summed E-state index contributed by atoms with van der Waals surface area (Å²) in [4.78, 5) is 14.7. The maximum Gasteiger partial charge on any atom is 0.267 e. The average Bonchev–Trinajstić information content (AvgIpc) is 2.89. The first-order valence-electron chi connectivity index (χ1n) is 7.98. The van der Waals surface area contributed by atoms with Gasteiger partial charge in [-0.05, 0) is 37.2 Å². The molecule has 2 heterocycles. The van der Waals surface area contributed by atoms with Gasteiger partial charge in [-0.15, -0.1) is 0 Å². The van der Waals surface area contributed by atoms with E-state index in [0.29, 0.717) is 12.2 Å². The highest BCUT2D eigenvalue weighted by Gasteiger charge is 2.14. The second kappa shape index (κ2) is 7.10. The first-order chi connectivity index (χ1) is 11.1. The van der Waals surface area contributed by atoms with Crippen LogP contribution in [0, 0.1) is 5.82 Å². The van der Waals surface area contributed by atoms with E-state index in [1.54, 1.807) is 23.7 Å². The van der Waals surface area contributed by atoms with Crippen LogP contribution in [0.2, 0.25) is 0 Å². The van der Waals surface area contributed by atoms with Gasteiger partial charge >= 0.3 is 0 Å². The number of rotatable bonds is 5. The monoisotopic (exact) mass is 319 g/mol. The molecule has 0 bridgehead atoms. The van der Waals surface area contributed by atoms with Gasteiger partial charge < -0.3 is 14.6 Å². The van der Waals surface area contributed by atoms with Crippen molar-refractivity contribution >= 4 is 16.8 Å². The van der Waals surface area contributed by atoms with Crippen LogP contribution in [-0.4, -0.2) is 54.8 Å². The Morgan fingerprint density at radius 1 is 1.30 bits per heavy atom. The molecule has 1 aromatic heterocycles. The number of nitrogens with zero attached hydrogens (tertiary/aromatic N) is 2. The Labute approximate surface area is 135 Å². The maximum atomic E-state index is 13.3. The van der Waals surface area contributed by atoms with Gasteiger partial charge in [0.05, 0.1) is 18.7 Å². The van der Waals surface area contributed by atoms with Gasteiger partial charge in [0, 0.05) is 32.1 Å². The van der Waals surface area contributed by atoms with E-state index in [9.17, 15) is 9.18 Å². The number of morpholine rings is 1. The van der Waals surface area contributed by atoms with E-state index < -0.39 is 0 Å². The van der Waals surface area contributed by atoms with Gasteiger partial charge in [-0.25, -0.2) is 4.39 Å². The van der Waals surface area contributed by atoms with E-state index in [4.69, 9.17) is 4.74 Å². The number of halogens is 1. The molecule has 1 fully saturated rings. The van der Waals surface area contributed by atoms with Crippen molar-refractivity contribution < 1.29 is 13.9 Å². The quantitative estimate of drug-likeness (QED) is 0.855. The average molecular weight is 319 g/mol. The summed E-state index contributed by atoms with van der Waals surface area (Å²) in [7, 11) is 1.78. The number of carbonyl (C=O) groups excluding carboxylic acids is 1. The Hall–Kier alpha value is -1.92. The topological polar surface area (TPSA) is 46.5 Å². The Kier molecular flexibility index (Phi) is 4.93. The molecule has 0 radical (unpaired) electrons. The maximum absolute atomic E-state index is 13.3. The summed E-state index contributed by atoms with van der Waals surface area (Å²) in [5.41, 5.74) is 1.28. The molecule has 23 heavy (non-hydrogen) atoms. The second-order valence-electron chi connectivity index (χ2n) is 5.86. The minimum absolute atomic E-state index is 0.119. The fourth-order valence-corrected chi connectivity index (χ4v) is 2.94. The van der Waals surface area contributed by atoms with Crippen LogP contribution in [0.3, 0.4) is 0 Å². The first kappa shape index (κ1) is 16.0. The zero-order valence-electron chi connectivity index (χ0n) is 13.3. The van der Waals surface area contributed by atoms with Crippen molar-refractivity contribution in [1.29, 1.82) is 0 Å². The van der Waals surface area contributed by atoms with Crippen LogP contribution in [0.1, 0.15) is 16.9 Å².